The number of benzene rings is 1. The number of halogens is 2. The Hall–Kier alpha value is -0.0900. The van der Waals surface area contributed by atoms with Crippen LogP contribution in [-0.2, 0) is 11.3 Å². The van der Waals surface area contributed by atoms with Crippen molar-refractivity contribution in [3.63, 3.8) is 0 Å². The van der Waals surface area contributed by atoms with Gasteiger partial charge in [-0.05, 0) is 40.0 Å². The standard InChI is InChI=1S/C8H9BrClNO/c9-7-5-6(3-4-12-11)1-2-8(7)10/h1-2,5H,3-4,11H2. The molecule has 0 aromatic heterocycles. The average Bonchev–Trinajstić information content (AvgIpc) is 2.07. The first-order valence-electron chi connectivity index (χ1n) is 3.49. The van der Waals surface area contributed by atoms with E-state index in [1.165, 1.54) is 0 Å². The van der Waals surface area contributed by atoms with E-state index in [9.17, 15) is 0 Å². The van der Waals surface area contributed by atoms with Crippen molar-refractivity contribution in [1.82, 2.24) is 0 Å². The first-order chi connectivity index (χ1) is 5.74. The van der Waals surface area contributed by atoms with Gasteiger partial charge in [0.25, 0.3) is 0 Å². The summed E-state index contributed by atoms with van der Waals surface area (Å²) in [6.45, 7) is 0.522. The van der Waals surface area contributed by atoms with Gasteiger partial charge in [0.05, 0.1) is 11.6 Å². The summed E-state index contributed by atoms with van der Waals surface area (Å²) in [5, 5.41) is 0.715. The smallest absolute Gasteiger partial charge is 0.0719 e. The molecule has 0 saturated carbocycles. The lowest BCUT2D eigenvalue weighted by Crippen LogP contribution is -2.03. The molecule has 1 aromatic rings. The van der Waals surface area contributed by atoms with Gasteiger partial charge in [-0.2, -0.15) is 0 Å². The Morgan fingerprint density at radius 3 is 2.83 bits per heavy atom. The quantitative estimate of drug-likeness (QED) is 0.837. The molecule has 0 atom stereocenters. The van der Waals surface area contributed by atoms with Crippen molar-refractivity contribution in [2.24, 2.45) is 5.90 Å². The number of nitrogens with two attached hydrogens (primary N) is 1. The van der Waals surface area contributed by atoms with Crippen molar-refractivity contribution in [1.29, 1.82) is 0 Å². The molecule has 0 aliphatic rings. The van der Waals surface area contributed by atoms with Crippen LogP contribution in [0, 0.1) is 0 Å². The van der Waals surface area contributed by atoms with Gasteiger partial charge in [-0.1, -0.05) is 17.7 Å². The molecule has 0 radical (unpaired) electrons. The van der Waals surface area contributed by atoms with Crippen LogP contribution >= 0.6 is 27.5 Å². The number of hydrogen-bond acceptors (Lipinski definition) is 2. The third-order valence-electron chi connectivity index (χ3n) is 1.49. The van der Waals surface area contributed by atoms with E-state index in [1.54, 1.807) is 0 Å². The highest BCUT2D eigenvalue weighted by atomic mass is 79.9. The van der Waals surface area contributed by atoms with Crippen LogP contribution < -0.4 is 5.90 Å². The van der Waals surface area contributed by atoms with Gasteiger partial charge in [0, 0.05) is 4.47 Å². The molecule has 0 fully saturated rings. The van der Waals surface area contributed by atoms with E-state index >= 15 is 0 Å². The molecule has 0 spiro atoms. The van der Waals surface area contributed by atoms with E-state index in [0.29, 0.717) is 11.6 Å². The third kappa shape index (κ3) is 2.75. The molecule has 0 heterocycles. The summed E-state index contributed by atoms with van der Waals surface area (Å²) in [5.74, 6) is 4.91. The van der Waals surface area contributed by atoms with Crippen LogP contribution in [0.4, 0.5) is 0 Å². The van der Waals surface area contributed by atoms with Crippen molar-refractivity contribution in [3.05, 3.63) is 33.3 Å². The largest absolute Gasteiger partial charge is 0.304 e. The Morgan fingerprint density at radius 2 is 2.25 bits per heavy atom. The fraction of sp³-hybridized carbons (Fsp3) is 0.250. The molecule has 12 heavy (non-hydrogen) atoms. The molecular weight excluding hydrogens is 241 g/mol. The van der Waals surface area contributed by atoms with E-state index in [1.807, 2.05) is 18.2 Å². The molecule has 0 saturated heterocycles. The molecule has 2 nitrogen and oxygen atoms in total. The van der Waals surface area contributed by atoms with Crippen LogP contribution in [0.25, 0.3) is 0 Å². The van der Waals surface area contributed by atoms with Crippen molar-refractivity contribution in [3.8, 4) is 0 Å². The lowest BCUT2D eigenvalue weighted by Gasteiger charge is -2.01. The molecule has 66 valence electrons. The Labute approximate surface area is 84.7 Å². The fourth-order valence-corrected chi connectivity index (χ4v) is 1.42. The van der Waals surface area contributed by atoms with Gasteiger partial charge in [0.1, 0.15) is 0 Å². The van der Waals surface area contributed by atoms with Crippen molar-refractivity contribution >= 4 is 27.5 Å². The summed E-state index contributed by atoms with van der Waals surface area (Å²) >= 11 is 9.15. The van der Waals surface area contributed by atoms with Gasteiger partial charge in [0.15, 0.2) is 0 Å². The fourth-order valence-electron chi connectivity index (χ4n) is 0.872. The van der Waals surface area contributed by atoms with Crippen LogP contribution in [-0.4, -0.2) is 6.61 Å². The molecule has 0 aliphatic carbocycles. The lowest BCUT2D eigenvalue weighted by molar-refractivity contribution is 0.141. The maximum Gasteiger partial charge on any atom is 0.0719 e. The summed E-state index contributed by atoms with van der Waals surface area (Å²) < 4.78 is 0.902. The van der Waals surface area contributed by atoms with Crippen LogP contribution in [0.3, 0.4) is 0 Å². The summed E-state index contributed by atoms with van der Waals surface area (Å²) in [5.41, 5.74) is 1.15. The Bertz CT molecular complexity index is 267. The topological polar surface area (TPSA) is 35.2 Å². The summed E-state index contributed by atoms with van der Waals surface area (Å²) in [6.07, 6.45) is 0.798. The van der Waals surface area contributed by atoms with E-state index in [0.717, 1.165) is 16.5 Å². The molecule has 0 unspecified atom stereocenters. The van der Waals surface area contributed by atoms with Gasteiger partial charge in [-0.25, -0.2) is 5.90 Å². The highest BCUT2D eigenvalue weighted by molar-refractivity contribution is 9.10. The average molecular weight is 251 g/mol. The SMILES string of the molecule is NOCCc1ccc(Cl)c(Br)c1. The second-order valence-electron chi connectivity index (χ2n) is 2.37. The summed E-state index contributed by atoms with van der Waals surface area (Å²) in [4.78, 5) is 4.47. The van der Waals surface area contributed by atoms with Crippen LogP contribution in [0.15, 0.2) is 22.7 Å². The minimum Gasteiger partial charge on any atom is -0.304 e. The van der Waals surface area contributed by atoms with Gasteiger partial charge < -0.3 is 4.84 Å². The van der Waals surface area contributed by atoms with Crippen molar-refractivity contribution < 1.29 is 4.84 Å². The van der Waals surface area contributed by atoms with E-state index in [-0.39, 0.29) is 0 Å². The lowest BCUT2D eigenvalue weighted by atomic mass is 10.2. The van der Waals surface area contributed by atoms with Gasteiger partial charge in [-0.15, -0.1) is 0 Å². The van der Waals surface area contributed by atoms with Gasteiger partial charge in [-0.3, -0.25) is 0 Å². The second-order valence-corrected chi connectivity index (χ2v) is 3.63. The monoisotopic (exact) mass is 249 g/mol. The highest BCUT2D eigenvalue weighted by Gasteiger charge is 1.98. The molecular formula is C8H9BrClNO. The molecule has 1 aromatic carbocycles. The third-order valence-corrected chi connectivity index (χ3v) is 2.71. The maximum absolute atomic E-state index is 5.81. The molecule has 0 aliphatic heterocycles. The Morgan fingerprint density at radius 1 is 1.50 bits per heavy atom. The number of hydrogen-bond donors (Lipinski definition) is 1. The Kier molecular flexibility index (Phi) is 4.01. The van der Waals surface area contributed by atoms with Crippen LogP contribution in [0.5, 0.6) is 0 Å². The van der Waals surface area contributed by atoms with Crippen LogP contribution in [0.1, 0.15) is 5.56 Å². The Balaban J connectivity index is 2.69. The predicted octanol–water partition coefficient (Wildman–Crippen LogP) is 2.54. The molecule has 4 heteroatoms. The summed E-state index contributed by atoms with van der Waals surface area (Å²) in [7, 11) is 0. The highest BCUT2D eigenvalue weighted by Crippen LogP contribution is 2.23. The first kappa shape index (κ1) is 9.99. The molecule has 0 bridgehead atoms. The van der Waals surface area contributed by atoms with Gasteiger partial charge in [0.2, 0.25) is 0 Å². The molecule has 1 rings (SSSR count). The molecule has 0 amide bonds. The number of rotatable bonds is 3. The maximum atomic E-state index is 5.81. The minimum atomic E-state index is 0.522. The minimum absolute atomic E-state index is 0.522. The molecule has 2 N–H and O–H groups in total. The zero-order valence-corrected chi connectivity index (χ0v) is 8.73. The first-order valence-corrected chi connectivity index (χ1v) is 4.66. The van der Waals surface area contributed by atoms with E-state index < -0.39 is 0 Å². The van der Waals surface area contributed by atoms with Gasteiger partial charge >= 0.3 is 0 Å². The second kappa shape index (κ2) is 4.82. The predicted molar refractivity (Wildman–Crippen MR) is 53.0 cm³/mol. The normalized spacial score (nSPS) is 10.2. The van der Waals surface area contributed by atoms with Crippen molar-refractivity contribution in [2.75, 3.05) is 6.61 Å². The van der Waals surface area contributed by atoms with Crippen molar-refractivity contribution in [2.45, 2.75) is 6.42 Å². The zero-order chi connectivity index (χ0) is 8.97. The summed E-state index contributed by atoms with van der Waals surface area (Å²) in [6, 6.07) is 5.75. The van der Waals surface area contributed by atoms with E-state index in [4.69, 9.17) is 17.5 Å². The van der Waals surface area contributed by atoms with E-state index in [2.05, 4.69) is 20.8 Å². The zero-order valence-electron chi connectivity index (χ0n) is 6.39. The van der Waals surface area contributed by atoms with Crippen LogP contribution in [0.2, 0.25) is 5.02 Å².